The van der Waals surface area contributed by atoms with Gasteiger partial charge in [0.25, 0.3) is 0 Å². The average molecular weight is 208 g/mol. The summed E-state index contributed by atoms with van der Waals surface area (Å²) < 4.78 is 1.86. The fraction of sp³-hybridized carbons (Fsp3) is 0.333. The van der Waals surface area contributed by atoms with Crippen molar-refractivity contribution in [2.45, 2.75) is 20.4 Å². The molecule has 74 valence electrons. The van der Waals surface area contributed by atoms with Crippen LogP contribution < -0.4 is 5.73 Å². The van der Waals surface area contributed by atoms with Gasteiger partial charge in [-0.1, -0.05) is 0 Å². The molecule has 0 amide bonds. The number of thiazole rings is 1. The van der Waals surface area contributed by atoms with Gasteiger partial charge in [0.2, 0.25) is 0 Å². The topological polar surface area (TPSA) is 56.7 Å². The Labute approximate surface area is 86.4 Å². The maximum absolute atomic E-state index is 5.70. The van der Waals surface area contributed by atoms with Crippen LogP contribution in [0.1, 0.15) is 16.4 Å². The number of anilines is 1. The maximum Gasteiger partial charge on any atom is 0.0898 e. The minimum Gasteiger partial charge on any atom is -0.396 e. The Balaban J connectivity index is 2.22. The van der Waals surface area contributed by atoms with Crippen molar-refractivity contribution in [3.8, 4) is 0 Å². The van der Waals surface area contributed by atoms with Gasteiger partial charge >= 0.3 is 0 Å². The summed E-state index contributed by atoms with van der Waals surface area (Å²) in [6.45, 7) is 4.66. The predicted molar refractivity (Wildman–Crippen MR) is 57.3 cm³/mol. The van der Waals surface area contributed by atoms with E-state index < -0.39 is 0 Å². The summed E-state index contributed by atoms with van der Waals surface area (Å²) in [4.78, 5) is 4.37. The van der Waals surface area contributed by atoms with Crippen LogP contribution >= 0.6 is 11.3 Å². The molecule has 0 aromatic carbocycles. The van der Waals surface area contributed by atoms with Gasteiger partial charge in [-0.05, 0) is 13.8 Å². The van der Waals surface area contributed by atoms with Crippen LogP contribution in [0.15, 0.2) is 11.6 Å². The van der Waals surface area contributed by atoms with E-state index in [4.69, 9.17) is 5.73 Å². The molecule has 0 saturated heterocycles. The van der Waals surface area contributed by atoms with Crippen molar-refractivity contribution in [3.63, 3.8) is 0 Å². The number of hydrogen-bond acceptors (Lipinski definition) is 4. The van der Waals surface area contributed by atoms with Crippen LogP contribution in [0.2, 0.25) is 0 Å². The molecule has 0 aliphatic rings. The van der Waals surface area contributed by atoms with Crippen LogP contribution in [0, 0.1) is 13.8 Å². The van der Waals surface area contributed by atoms with Gasteiger partial charge in [0, 0.05) is 5.38 Å². The van der Waals surface area contributed by atoms with E-state index in [0.29, 0.717) is 6.54 Å². The van der Waals surface area contributed by atoms with Crippen molar-refractivity contribution in [1.82, 2.24) is 14.8 Å². The van der Waals surface area contributed by atoms with Crippen molar-refractivity contribution in [3.05, 3.63) is 28.0 Å². The smallest absolute Gasteiger partial charge is 0.0898 e. The Morgan fingerprint density at radius 2 is 2.29 bits per heavy atom. The Bertz CT molecular complexity index is 443. The zero-order valence-electron chi connectivity index (χ0n) is 8.19. The highest BCUT2D eigenvalue weighted by atomic mass is 32.1. The molecule has 0 aliphatic carbocycles. The number of nitrogens with two attached hydrogens (primary N) is 1. The van der Waals surface area contributed by atoms with E-state index in [1.165, 1.54) is 0 Å². The predicted octanol–water partition coefficient (Wildman–Crippen LogP) is 1.59. The van der Waals surface area contributed by atoms with E-state index in [9.17, 15) is 0 Å². The number of nitrogens with zero attached hydrogens (tertiary/aromatic N) is 3. The molecule has 2 aromatic rings. The average Bonchev–Trinajstić information content (AvgIpc) is 2.67. The monoisotopic (exact) mass is 208 g/mol. The SMILES string of the molecule is Cc1nc(Cn2ncc(N)c2C)cs1. The van der Waals surface area contributed by atoms with E-state index in [2.05, 4.69) is 10.1 Å². The second-order valence-electron chi connectivity index (χ2n) is 3.20. The summed E-state index contributed by atoms with van der Waals surface area (Å²) in [7, 11) is 0. The number of aromatic nitrogens is 3. The lowest BCUT2D eigenvalue weighted by molar-refractivity contribution is 0.655. The lowest BCUT2D eigenvalue weighted by Gasteiger charge is -2.01. The van der Waals surface area contributed by atoms with Gasteiger partial charge in [-0.15, -0.1) is 11.3 Å². The summed E-state index contributed by atoms with van der Waals surface area (Å²) in [5, 5.41) is 7.31. The summed E-state index contributed by atoms with van der Waals surface area (Å²) >= 11 is 1.65. The van der Waals surface area contributed by atoms with Crippen molar-refractivity contribution in [2.75, 3.05) is 5.73 Å². The largest absolute Gasteiger partial charge is 0.396 e. The van der Waals surface area contributed by atoms with Gasteiger partial charge in [-0.25, -0.2) is 4.98 Å². The van der Waals surface area contributed by atoms with Crippen LogP contribution in [0.4, 0.5) is 5.69 Å². The molecule has 2 heterocycles. The zero-order chi connectivity index (χ0) is 10.1. The highest BCUT2D eigenvalue weighted by Gasteiger charge is 2.05. The van der Waals surface area contributed by atoms with Gasteiger partial charge in [-0.2, -0.15) is 5.10 Å². The minimum atomic E-state index is 0.702. The molecule has 0 aliphatic heterocycles. The Kier molecular flexibility index (Phi) is 2.25. The summed E-state index contributed by atoms with van der Waals surface area (Å²) in [6, 6.07) is 0. The molecule has 0 saturated carbocycles. The molecule has 2 rings (SSSR count). The second-order valence-corrected chi connectivity index (χ2v) is 4.26. The molecule has 0 atom stereocenters. The van der Waals surface area contributed by atoms with Crippen molar-refractivity contribution in [1.29, 1.82) is 0 Å². The zero-order valence-corrected chi connectivity index (χ0v) is 9.01. The summed E-state index contributed by atoms with van der Waals surface area (Å²) in [5.41, 5.74) is 8.47. The summed E-state index contributed by atoms with van der Waals surface area (Å²) in [5.74, 6) is 0. The highest BCUT2D eigenvalue weighted by molar-refractivity contribution is 7.09. The third-order valence-electron chi connectivity index (χ3n) is 2.12. The Morgan fingerprint density at radius 3 is 2.79 bits per heavy atom. The summed E-state index contributed by atoms with van der Waals surface area (Å²) in [6.07, 6.45) is 1.68. The lowest BCUT2D eigenvalue weighted by atomic mass is 10.4. The molecule has 2 N–H and O–H groups in total. The lowest BCUT2D eigenvalue weighted by Crippen LogP contribution is -2.04. The van der Waals surface area contributed by atoms with Gasteiger partial charge in [0.1, 0.15) is 0 Å². The molecule has 0 fully saturated rings. The third-order valence-corrected chi connectivity index (χ3v) is 2.94. The first-order valence-corrected chi connectivity index (χ1v) is 5.23. The van der Waals surface area contributed by atoms with Gasteiger partial charge < -0.3 is 5.73 Å². The number of hydrogen-bond donors (Lipinski definition) is 1. The molecular weight excluding hydrogens is 196 g/mol. The van der Waals surface area contributed by atoms with Crippen LogP contribution in [-0.2, 0) is 6.54 Å². The Hall–Kier alpha value is -1.36. The standard InChI is InChI=1S/C9H12N4S/c1-6-9(10)3-11-13(6)4-8-5-14-7(2)12-8/h3,5H,4,10H2,1-2H3. The first kappa shape index (κ1) is 9.21. The van der Waals surface area contributed by atoms with Gasteiger partial charge in [0.05, 0.1) is 34.8 Å². The second kappa shape index (κ2) is 3.42. The van der Waals surface area contributed by atoms with Crippen LogP contribution in [0.25, 0.3) is 0 Å². The van der Waals surface area contributed by atoms with Crippen molar-refractivity contribution < 1.29 is 0 Å². The minimum absolute atomic E-state index is 0.702. The van der Waals surface area contributed by atoms with Crippen molar-refractivity contribution in [2.24, 2.45) is 0 Å². The normalized spacial score (nSPS) is 10.7. The molecule has 0 radical (unpaired) electrons. The molecule has 0 bridgehead atoms. The fourth-order valence-corrected chi connectivity index (χ4v) is 1.86. The highest BCUT2D eigenvalue weighted by Crippen LogP contribution is 2.13. The Morgan fingerprint density at radius 1 is 1.50 bits per heavy atom. The van der Waals surface area contributed by atoms with Crippen LogP contribution in [0.3, 0.4) is 0 Å². The fourth-order valence-electron chi connectivity index (χ4n) is 1.25. The van der Waals surface area contributed by atoms with E-state index in [1.54, 1.807) is 17.5 Å². The van der Waals surface area contributed by atoms with E-state index in [0.717, 1.165) is 22.1 Å². The quantitative estimate of drug-likeness (QED) is 0.815. The van der Waals surface area contributed by atoms with E-state index >= 15 is 0 Å². The molecule has 2 aromatic heterocycles. The number of aryl methyl sites for hydroxylation is 1. The molecule has 0 spiro atoms. The molecule has 0 unspecified atom stereocenters. The first-order chi connectivity index (χ1) is 6.66. The van der Waals surface area contributed by atoms with Gasteiger partial charge in [-0.3, -0.25) is 4.68 Å². The molecule has 14 heavy (non-hydrogen) atoms. The number of rotatable bonds is 2. The molecular formula is C9H12N4S. The molecule has 4 nitrogen and oxygen atoms in total. The van der Waals surface area contributed by atoms with E-state index in [1.807, 2.05) is 23.9 Å². The third kappa shape index (κ3) is 1.63. The first-order valence-electron chi connectivity index (χ1n) is 4.35. The number of nitrogen functional groups attached to an aromatic ring is 1. The molecule has 5 heteroatoms. The maximum atomic E-state index is 5.70. The van der Waals surface area contributed by atoms with Gasteiger partial charge in [0.15, 0.2) is 0 Å². The van der Waals surface area contributed by atoms with Crippen molar-refractivity contribution >= 4 is 17.0 Å². The van der Waals surface area contributed by atoms with Crippen LogP contribution in [0.5, 0.6) is 0 Å². The van der Waals surface area contributed by atoms with E-state index in [-0.39, 0.29) is 0 Å². The van der Waals surface area contributed by atoms with Crippen LogP contribution in [-0.4, -0.2) is 14.8 Å².